The van der Waals surface area contributed by atoms with E-state index in [-0.39, 0.29) is 12.1 Å². The van der Waals surface area contributed by atoms with Crippen LogP contribution in [0.1, 0.15) is 12.8 Å². The lowest BCUT2D eigenvalue weighted by Crippen LogP contribution is -2.42. The van der Waals surface area contributed by atoms with Crippen molar-refractivity contribution in [2.24, 2.45) is 0 Å². The molecule has 1 fully saturated rings. The Kier molecular flexibility index (Phi) is 2.42. The third-order valence-electron chi connectivity index (χ3n) is 2.45. The molecule has 1 aliphatic rings. The molecule has 13 heavy (non-hydrogen) atoms. The van der Waals surface area contributed by atoms with Crippen molar-refractivity contribution in [2.75, 3.05) is 5.32 Å². The van der Waals surface area contributed by atoms with Crippen molar-refractivity contribution in [3.05, 3.63) is 29.3 Å². The van der Waals surface area contributed by atoms with Gasteiger partial charge in [-0.05, 0) is 25.0 Å². The van der Waals surface area contributed by atoms with Crippen molar-refractivity contribution in [3.8, 4) is 0 Å². The zero-order valence-electron chi connectivity index (χ0n) is 7.20. The fraction of sp³-hybridized carbons (Fsp3) is 0.400. The van der Waals surface area contributed by atoms with Crippen LogP contribution in [0.25, 0.3) is 0 Å². The highest BCUT2D eigenvalue weighted by Crippen LogP contribution is 2.27. The van der Waals surface area contributed by atoms with Gasteiger partial charge in [-0.2, -0.15) is 0 Å². The van der Waals surface area contributed by atoms with Gasteiger partial charge in [0.2, 0.25) is 0 Å². The van der Waals surface area contributed by atoms with Crippen LogP contribution in [0.4, 0.5) is 5.69 Å². The monoisotopic (exact) mass is 197 g/mol. The molecule has 2 N–H and O–H groups in total. The lowest BCUT2D eigenvalue weighted by molar-refractivity contribution is 0.0786. The molecule has 0 spiro atoms. The Balaban J connectivity index is 2.05. The highest BCUT2D eigenvalue weighted by Gasteiger charge is 2.28. The van der Waals surface area contributed by atoms with E-state index >= 15 is 0 Å². The van der Waals surface area contributed by atoms with Crippen LogP contribution in [0.3, 0.4) is 0 Å². The number of hydrogen-bond acceptors (Lipinski definition) is 2. The van der Waals surface area contributed by atoms with E-state index in [4.69, 9.17) is 11.6 Å². The Morgan fingerprint density at radius 2 is 2.08 bits per heavy atom. The molecule has 1 aromatic rings. The van der Waals surface area contributed by atoms with Crippen molar-refractivity contribution in [2.45, 2.75) is 25.0 Å². The van der Waals surface area contributed by atoms with E-state index in [0.717, 1.165) is 18.5 Å². The molecular weight excluding hydrogens is 186 g/mol. The fourth-order valence-electron chi connectivity index (χ4n) is 1.43. The zero-order valence-corrected chi connectivity index (χ0v) is 7.96. The van der Waals surface area contributed by atoms with Gasteiger partial charge in [0.25, 0.3) is 0 Å². The number of aliphatic hydroxyl groups is 1. The summed E-state index contributed by atoms with van der Waals surface area (Å²) < 4.78 is 0. The Hall–Kier alpha value is -0.730. The summed E-state index contributed by atoms with van der Waals surface area (Å²) in [7, 11) is 0. The van der Waals surface area contributed by atoms with Crippen molar-refractivity contribution in [1.29, 1.82) is 0 Å². The van der Waals surface area contributed by atoms with Crippen LogP contribution in [0, 0.1) is 0 Å². The van der Waals surface area contributed by atoms with Crippen molar-refractivity contribution in [1.82, 2.24) is 0 Å². The maximum absolute atomic E-state index is 9.35. The number of rotatable bonds is 2. The summed E-state index contributed by atoms with van der Waals surface area (Å²) in [5, 5.41) is 13.3. The van der Waals surface area contributed by atoms with Gasteiger partial charge in [0.15, 0.2) is 0 Å². The molecule has 2 unspecified atom stereocenters. The van der Waals surface area contributed by atoms with Crippen LogP contribution >= 0.6 is 11.6 Å². The quantitative estimate of drug-likeness (QED) is 0.763. The predicted octanol–water partition coefficient (Wildman–Crippen LogP) is 2.28. The maximum Gasteiger partial charge on any atom is 0.0742 e. The standard InChI is InChI=1S/C10H12ClNO/c11-7-3-1-2-4-8(7)12-9-5-6-10(9)13/h1-4,9-10,12-13H,5-6H2. The molecule has 0 aliphatic heterocycles. The summed E-state index contributed by atoms with van der Waals surface area (Å²) in [5.74, 6) is 0. The normalized spacial score (nSPS) is 26.6. The predicted molar refractivity (Wildman–Crippen MR) is 54.1 cm³/mol. The maximum atomic E-state index is 9.35. The number of aliphatic hydroxyl groups excluding tert-OH is 1. The van der Waals surface area contributed by atoms with Crippen LogP contribution in [-0.2, 0) is 0 Å². The van der Waals surface area contributed by atoms with Gasteiger partial charge in [-0.1, -0.05) is 23.7 Å². The first-order valence-corrected chi connectivity index (χ1v) is 4.84. The molecule has 0 radical (unpaired) electrons. The Bertz CT molecular complexity index is 303. The molecule has 2 atom stereocenters. The minimum atomic E-state index is -0.212. The first kappa shape index (κ1) is 8.85. The van der Waals surface area contributed by atoms with Crippen LogP contribution in [0.2, 0.25) is 5.02 Å². The van der Waals surface area contributed by atoms with E-state index in [0.29, 0.717) is 5.02 Å². The lowest BCUT2D eigenvalue weighted by atomic mass is 9.89. The van der Waals surface area contributed by atoms with Crippen LogP contribution in [-0.4, -0.2) is 17.3 Å². The Morgan fingerprint density at radius 1 is 1.31 bits per heavy atom. The van der Waals surface area contributed by atoms with Gasteiger partial charge in [-0.25, -0.2) is 0 Å². The fourth-order valence-corrected chi connectivity index (χ4v) is 1.62. The number of benzene rings is 1. The van der Waals surface area contributed by atoms with E-state index in [1.54, 1.807) is 0 Å². The topological polar surface area (TPSA) is 32.3 Å². The van der Waals surface area contributed by atoms with Crippen LogP contribution < -0.4 is 5.32 Å². The minimum Gasteiger partial charge on any atom is -0.391 e. The molecule has 0 heterocycles. The summed E-state index contributed by atoms with van der Waals surface area (Å²) >= 11 is 5.95. The molecule has 1 saturated carbocycles. The number of para-hydroxylation sites is 1. The molecule has 70 valence electrons. The van der Waals surface area contributed by atoms with Crippen molar-refractivity contribution in [3.63, 3.8) is 0 Å². The second-order valence-electron chi connectivity index (χ2n) is 3.38. The zero-order chi connectivity index (χ0) is 9.26. The molecule has 1 aliphatic carbocycles. The molecule has 0 saturated heterocycles. The molecule has 0 amide bonds. The summed E-state index contributed by atoms with van der Waals surface area (Å²) in [4.78, 5) is 0. The SMILES string of the molecule is OC1CCC1Nc1ccccc1Cl. The van der Waals surface area contributed by atoms with E-state index in [2.05, 4.69) is 5.32 Å². The minimum absolute atomic E-state index is 0.180. The number of hydrogen-bond donors (Lipinski definition) is 2. The van der Waals surface area contributed by atoms with E-state index in [1.165, 1.54) is 0 Å². The molecule has 0 bridgehead atoms. The number of anilines is 1. The lowest BCUT2D eigenvalue weighted by Gasteiger charge is -2.34. The average Bonchev–Trinajstić information content (AvgIpc) is 2.14. The molecular formula is C10H12ClNO. The third kappa shape index (κ3) is 1.79. The van der Waals surface area contributed by atoms with Gasteiger partial charge < -0.3 is 10.4 Å². The Labute approximate surface area is 82.5 Å². The Morgan fingerprint density at radius 3 is 2.62 bits per heavy atom. The number of nitrogens with one attached hydrogen (secondary N) is 1. The van der Waals surface area contributed by atoms with Crippen molar-refractivity contribution < 1.29 is 5.11 Å². The highest BCUT2D eigenvalue weighted by atomic mass is 35.5. The summed E-state index contributed by atoms with van der Waals surface area (Å²) in [6.45, 7) is 0. The van der Waals surface area contributed by atoms with Crippen LogP contribution in [0.15, 0.2) is 24.3 Å². The summed E-state index contributed by atoms with van der Waals surface area (Å²) in [6.07, 6.45) is 1.70. The van der Waals surface area contributed by atoms with E-state index < -0.39 is 0 Å². The van der Waals surface area contributed by atoms with Gasteiger partial charge in [0.1, 0.15) is 0 Å². The van der Waals surface area contributed by atoms with Crippen LogP contribution in [0.5, 0.6) is 0 Å². The van der Waals surface area contributed by atoms with Gasteiger partial charge >= 0.3 is 0 Å². The third-order valence-corrected chi connectivity index (χ3v) is 2.78. The van der Waals surface area contributed by atoms with E-state index in [9.17, 15) is 5.11 Å². The van der Waals surface area contributed by atoms with Gasteiger partial charge in [-0.3, -0.25) is 0 Å². The largest absolute Gasteiger partial charge is 0.391 e. The highest BCUT2D eigenvalue weighted by molar-refractivity contribution is 6.33. The summed E-state index contributed by atoms with van der Waals surface area (Å²) in [6, 6.07) is 7.77. The second kappa shape index (κ2) is 3.56. The molecule has 2 rings (SSSR count). The first-order valence-electron chi connectivity index (χ1n) is 4.46. The van der Waals surface area contributed by atoms with Gasteiger partial charge in [0, 0.05) is 0 Å². The van der Waals surface area contributed by atoms with Crippen molar-refractivity contribution >= 4 is 17.3 Å². The molecule has 1 aromatic carbocycles. The average molecular weight is 198 g/mol. The van der Waals surface area contributed by atoms with Gasteiger partial charge in [-0.15, -0.1) is 0 Å². The summed E-state index contributed by atoms with van der Waals surface area (Å²) in [5.41, 5.74) is 0.910. The smallest absolute Gasteiger partial charge is 0.0742 e. The van der Waals surface area contributed by atoms with E-state index in [1.807, 2.05) is 24.3 Å². The number of halogens is 1. The first-order chi connectivity index (χ1) is 6.27. The second-order valence-corrected chi connectivity index (χ2v) is 3.78. The van der Waals surface area contributed by atoms with Gasteiger partial charge in [0.05, 0.1) is 22.9 Å². The molecule has 3 heteroatoms. The molecule has 0 aromatic heterocycles. The molecule has 2 nitrogen and oxygen atoms in total.